The first-order valence-corrected chi connectivity index (χ1v) is 7.15. The summed E-state index contributed by atoms with van der Waals surface area (Å²) >= 11 is 3.34. The van der Waals surface area contributed by atoms with E-state index in [2.05, 4.69) is 15.9 Å². The van der Waals surface area contributed by atoms with Gasteiger partial charge in [-0.2, -0.15) is 0 Å². The van der Waals surface area contributed by atoms with Crippen LogP contribution >= 0.6 is 15.9 Å². The SMILES string of the molecule is CCOC(=O)CCN(C(=O)c1cccc(Br)c1)N(C)C. The fourth-order valence-electron chi connectivity index (χ4n) is 1.68. The third-order valence-corrected chi connectivity index (χ3v) is 3.12. The highest BCUT2D eigenvalue weighted by molar-refractivity contribution is 9.10. The van der Waals surface area contributed by atoms with Gasteiger partial charge in [-0.05, 0) is 25.1 Å². The molecule has 1 aromatic carbocycles. The van der Waals surface area contributed by atoms with Gasteiger partial charge in [-0.15, -0.1) is 0 Å². The topological polar surface area (TPSA) is 49.9 Å². The zero-order valence-electron chi connectivity index (χ0n) is 11.9. The van der Waals surface area contributed by atoms with Gasteiger partial charge >= 0.3 is 5.97 Å². The van der Waals surface area contributed by atoms with Crippen LogP contribution in [0.1, 0.15) is 23.7 Å². The lowest BCUT2D eigenvalue weighted by molar-refractivity contribution is -0.143. The van der Waals surface area contributed by atoms with E-state index in [9.17, 15) is 9.59 Å². The summed E-state index contributed by atoms with van der Waals surface area (Å²) in [6, 6.07) is 7.16. The fourth-order valence-corrected chi connectivity index (χ4v) is 2.08. The Labute approximate surface area is 127 Å². The zero-order valence-corrected chi connectivity index (χ0v) is 13.5. The molecule has 0 aliphatic heterocycles. The average molecular weight is 343 g/mol. The molecule has 5 nitrogen and oxygen atoms in total. The Bertz CT molecular complexity index is 477. The molecule has 0 saturated carbocycles. The van der Waals surface area contributed by atoms with E-state index in [4.69, 9.17) is 4.74 Å². The van der Waals surface area contributed by atoms with Crippen LogP contribution in [0, 0.1) is 0 Å². The van der Waals surface area contributed by atoms with Gasteiger partial charge in [0.05, 0.1) is 13.0 Å². The van der Waals surface area contributed by atoms with E-state index in [1.807, 2.05) is 6.07 Å². The summed E-state index contributed by atoms with van der Waals surface area (Å²) in [5, 5.41) is 3.18. The summed E-state index contributed by atoms with van der Waals surface area (Å²) in [5.41, 5.74) is 0.567. The molecule has 0 aliphatic rings. The van der Waals surface area contributed by atoms with Crippen LogP contribution in [-0.4, -0.2) is 49.1 Å². The number of halogens is 1. The number of nitrogens with zero attached hydrogens (tertiary/aromatic N) is 2. The second kappa shape index (κ2) is 8.01. The monoisotopic (exact) mass is 342 g/mol. The van der Waals surface area contributed by atoms with Gasteiger partial charge in [0.15, 0.2) is 0 Å². The van der Waals surface area contributed by atoms with Crippen molar-refractivity contribution in [2.75, 3.05) is 27.2 Å². The summed E-state index contributed by atoms with van der Waals surface area (Å²) in [6.45, 7) is 2.39. The molecule has 0 radical (unpaired) electrons. The van der Waals surface area contributed by atoms with Crippen LogP contribution in [0.2, 0.25) is 0 Å². The lowest BCUT2D eigenvalue weighted by Gasteiger charge is -2.28. The van der Waals surface area contributed by atoms with E-state index in [0.717, 1.165) is 4.47 Å². The number of carbonyl (C=O) groups excluding carboxylic acids is 2. The van der Waals surface area contributed by atoms with Crippen molar-refractivity contribution in [3.05, 3.63) is 34.3 Å². The second-order valence-electron chi connectivity index (χ2n) is 4.34. The number of hydrogen-bond donors (Lipinski definition) is 0. The molecule has 0 atom stereocenters. The number of hydrazine groups is 1. The first-order valence-electron chi connectivity index (χ1n) is 6.36. The summed E-state index contributed by atoms with van der Waals surface area (Å²) in [7, 11) is 3.53. The van der Waals surface area contributed by atoms with Gasteiger partial charge in [0.1, 0.15) is 0 Å². The van der Waals surface area contributed by atoms with Crippen LogP contribution in [0.15, 0.2) is 28.7 Å². The number of benzene rings is 1. The van der Waals surface area contributed by atoms with Crippen LogP contribution in [-0.2, 0) is 9.53 Å². The van der Waals surface area contributed by atoms with E-state index in [0.29, 0.717) is 12.2 Å². The number of hydrogen-bond acceptors (Lipinski definition) is 4. The maximum Gasteiger partial charge on any atom is 0.307 e. The summed E-state index contributed by atoms with van der Waals surface area (Å²) in [5.74, 6) is -0.456. The molecule has 1 rings (SSSR count). The molecule has 0 fully saturated rings. The molecule has 110 valence electrons. The molecule has 0 N–H and O–H groups in total. The predicted octanol–water partition coefficient (Wildman–Crippen LogP) is 2.32. The third kappa shape index (κ3) is 4.94. The molecule has 0 aromatic heterocycles. The molecule has 0 saturated heterocycles. The second-order valence-corrected chi connectivity index (χ2v) is 5.26. The Morgan fingerprint density at radius 1 is 1.30 bits per heavy atom. The van der Waals surface area contributed by atoms with Crippen molar-refractivity contribution in [3.8, 4) is 0 Å². The van der Waals surface area contributed by atoms with Crippen molar-refractivity contribution in [2.24, 2.45) is 0 Å². The van der Waals surface area contributed by atoms with Crippen LogP contribution < -0.4 is 0 Å². The molecule has 0 bridgehead atoms. The van der Waals surface area contributed by atoms with Crippen molar-refractivity contribution in [2.45, 2.75) is 13.3 Å². The smallest absolute Gasteiger partial charge is 0.307 e. The minimum atomic E-state index is -0.304. The van der Waals surface area contributed by atoms with E-state index in [1.54, 1.807) is 44.2 Å². The molecule has 1 amide bonds. The van der Waals surface area contributed by atoms with E-state index >= 15 is 0 Å². The quantitative estimate of drug-likeness (QED) is 0.588. The van der Waals surface area contributed by atoms with Crippen LogP contribution in [0.4, 0.5) is 0 Å². The lowest BCUT2D eigenvalue weighted by Crippen LogP contribution is -2.43. The molecule has 0 spiro atoms. The van der Waals surface area contributed by atoms with Crippen LogP contribution in [0.3, 0.4) is 0 Å². The van der Waals surface area contributed by atoms with Gasteiger partial charge in [-0.1, -0.05) is 22.0 Å². The Morgan fingerprint density at radius 2 is 2.00 bits per heavy atom. The summed E-state index contributed by atoms with van der Waals surface area (Å²) in [6.07, 6.45) is 0.172. The van der Waals surface area contributed by atoms with Gasteiger partial charge in [0.25, 0.3) is 5.91 Å². The molecule has 6 heteroatoms. The van der Waals surface area contributed by atoms with Crippen molar-refractivity contribution >= 4 is 27.8 Å². The number of esters is 1. The molecular formula is C14H19BrN2O3. The van der Waals surface area contributed by atoms with Gasteiger partial charge in [0.2, 0.25) is 0 Å². The Balaban J connectivity index is 2.75. The molecule has 1 aromatic rings. The maximum absolute atomic E-state index is 12.4. The van der Waals surface area contributed by atoms with Gasteiger partial charge < -0.3 is 4.74 Å². The van der Waals surface area contributed by atoms with Crippen molar-refractivity contribution in [3.63, 3.8) is 0 Å². The van der Waals surface area contributed by atoms with E-state index < -0.39 is 0 Å². The summed E-state index contributed by atoms with van der Waals surface area (Å²) in [4.78, 5) is 23.8. The van der Waals surface area contributed by atoms with E-state index in [1.165, 1.54) is 5.01 Å². The number of carbonyl (C=O) groups is 2. The first-order chi connectivity index (χ1) is 9.45. The fraction of sp³-hybridized carbons (Fsp3) is 0.429. The molecule has 0 aliphatic carbocycles. The molecule has 20 heavy (non-hydrogen) atoms. The van der Waals surface area contributed by atoms with Crippen molar-refractivity contribution in [1.29, 1.82) is 0 Å². The highest BCUT2D eigenvalue weighted by Crippen LogP contribution is 2.14. The third-order valence-electron chi connectivity index (χ3n) is 2.62. The zero-order chi connectivity index (χ0) is 15.1. The van der Waals surface area contributed by atoms with Crippen molar-refractivity contribution < 1.29 is 14.3 Å². The maximum atomic E-state index is 12.4. The van der Waals surface area contributed by atoms with Gasteiger partial charge in [-0.3, -0.25) is 14.6 Å². The van der Waals surface area contributed by atoms with Crippen LogP contribution in [0.25, 0.3) is 0 Å². The highest BCUT2D eigenvalue weighted by atomic mass is 79.9. The molecule has 0 heterocycles. The Kier molecular flexibility index (Phi) is 6.67. The predicted molar refractivity (Wildman–Crippen MR) is 80.1 cm³/mol. The number of ether oxygens (including phenoxy) is 1. The molecular weight excluding hydrogens is 324 g/mol. The largest absolute Gasteiger partial charge is 0.466 e. The van der Waals surface area contributed by atoms with Crippen molar-refractivity contribution in [1.82, 2.24) is 10.0 Å². The Hall–Kier alpha value is -1.40. The van der Waals surface area contributed by atoms with Gasteiger partial charge in [-0.25, -0.2) is 5.01 Å². The normalized spacial score (nSPS) is 10.4. The standard InChI is InChI=1S/C14H19BrN2O3/c1-4-20-13(18)8-9-17(16(2)3)14(19)11-6-5-7-12(15)10-11/h5-7,10H,4,8-9H2,1-3H3. The average Bonchev–Trinajstić information content (AvgIpc) is 2.38. The highest BCUT2D eigenvalue weighted by Gasteiger charge is 2.19. The lowest BCUT2D eigenvalue weighted by atomic mass is 10.2. The van der Waals surface area contributed by atoms with E-state index in [-0.39, 0.29) is 24.8 Å². The molecule has 0 unspecified atom stereocenters. The minimum Gasteiger partial charge on any atom is -0.466 e. The number of amides is 1. The first kappa shape index (κ1) is 16.7. The summed E-state index contributed by atoms with van der Waals surface area (Å²) < 4.78 is 5.71. The minimum absolute atomic E-state index is 0.152. The number of rotatable bonds is 6. The Morgan fingerprint density at radius 3 is 2.55 bits per heavy atom. The van der Waals surface area contributed by atoms with Crippen LogP contribution in [0.5, 0.6) is 0 Å². The van der Waals surface area contributed by atoms with Gasteiger partial charge in [0, 0.05) is 30.7 Å².